The minimum absolute atomic E-state index is 0.0614. The van der Waals surface area contributed by atoms with Crippen LogP contribution in [0.4, 0.5) is 0 Å². The minimum atomic E-state index is -3.68. The van der Waals surface area contributed by atoms with E-state index in [2.05, 4.69) is 14.9 Å². The molecular formula is C8H11N3O4S. The fourth-order valence-corrected chi connectivity index (χ4v) is 2.36. The van der Waals surface area contributed by atoms with Crippen LogP contribution in [0.25, 0.3) is 0 Å². The van der Waals surface area contributed by atoms with Gasteiger partial charge in [0.2, 0.25) is 0 Å². The number of H-pyrrole nitrogens is 1. The average molecular weight is 245 g/mol. The number of nitrogens with one attached hydrogen (secondary N) is 2. The molecule has 0 bridgehead atoms. The van der Waals surface area contributed by atoms with E-state index in [1.54, 1.807) is 0 Å². The van der Waals surface area contributed by atoms with Gasteiger partial charge in [-0.3, -0.25) is 9.89 Å². The number of hydrogen-bond donors (Lipinski definition) is 3. The van der Waals surface area contributed by atoms with Gasteiger partial charge in [-0.25, -0.2) is 13.1 Å². The molecule has 1 aliphatic rings. The van der Waals surface area contributed by atoms with Crippen LogP contribution in [0, 0.1) is 5.41 Å². The van der Waals surface area contributed by atoms with Crippen molar-refractivity contribution in [1.29, 1.82) is 0 Å². The molecule has 0 amide bonds. The van der Waals surface area contributed by atoms with E-state index in [4.69, 9.17) is 5.11 Å². The van der Waals surface area contributed by atoms with Crippen molar-refractivity contribution in [3.8, 4) is 0 Å². The maximum absolute atomic E-state index is 11.6. The van der Waals surface area contributed by atoms with Crippen LogP contribution in [0.1, 0.15) is 12.8 Å². The minimum Gasteiger partial charge on any atom is -0.481 e. The Kier molecular flexibility index (Phi) is 2.47. The zero-order valence-electron chi connectivity index (χ0n) is 8.30. The van der Waals surface area contributed by atoms with Gasteiger partial charge in [0.05, 0.1) is 11.6 Å². The van der Waals surface area contributed by atoms with Crippen molar-refractivity contribution >= 4 is 16.0 Å². The second-order valence-corrected chi connectivity index (χ2v) is 5.57. The van der Waals surface area contributed by atoms with Crippen molar-refractivity contribution in [3.63, 3.8) is 0 Å². The Bertz CT molecular complexity index is 489. The Balaban J connectivity index is 2.04. The highest BCUT2D eigenvalue weighted by Gasteiger charge is 2.50. The molecule has 8 heteroatoms. The summed E-state index contributed by atoms with van der Waals surface area (Å²) in [6.45, 7) is -0.0797. The van der Waals surface area contributed by atoms with Gasteiger partial charge in [-0.05, 0) is 18.9 Å². The van der Waals surface area contributed by atoms with E-state index in [0.717, 1.165) is 0 Å². The van der Waals surface area contributed by atoms with E-state index >= 15 is 0 Å². The molecule has 1 aromatic rings. The highest BCUT2D eigenvalue weighted by atomic mass is 32.2. The van der Waals surface area contributed by atoms with Crippen LogP contribution in [-0.2, 0) is 14.8 Å². The topological polar surface area (TPSA) is 112 Å². The molecule has 0 saturated heterocycles. The van der Waals surface area contributed by atoms with E-state index in [-0.39, 0.29) is 11.6 Å². The summed E-state index contributed by atoms with van der Waals surface area (Å²) in [5, 5.41) is 14.7. The number of rotatable bonds is 5. The summed E-state index contributed by atoms with van der Waals surface area (Å²) in [6.07, 6.45) is 2.33. The van der Waals surface area contributed by atoms with Crippen molar-refractivity contribution in [1.82, 2.24) is 14.9 Å². The standard InChI is InChI=1S/C8H11N3O4S/c12-7(13)8(2-3-8)5-10-16(14,15)6-1-4-9-11-6/h1,4,10H,2-3,5H2,(H,9,11)(H,12,13). The lowest BCUT2D eigenvalue weighted by atomic mass is 10.1. The van der Waals surface area contributed by atoms with Gasteiger partial charge in [0.25, 0.3) is 10.0 Å². The van der Waals surface area contributed by atoms with Crippen molar-refractivity contribution in [2.45, 2.75) is 17.9 Å². The van der Waals surface area contributed by atoms with Gasteiger partial charge in [0.15, 0.2) is 5.03 Å². The Labute approximate surface area is 91.9 Å². The SMILES string of the molecule is O=C(O)C1(CNS(=O)(=O)c2ccn[nH]2)CC1. The van der Waals surface area contributed by atoms with Crippen LogP contribution in [0.3, 0.4) is 0 Å². The molecule has 88 valence electrons. The molecule has 0 radical (unpaired) electrons. The monoisotopic (exact) mass is 245 g/mol. The van der Waals surface area contributed by atoms with Crippen LogP contribution in [-0.4, -0.2) is 36.2 Å². The largest absolute Gasteiger partial charge is 0.481 e. The van der Waals surface area contributed by atoms with E-state index in [1.807, 2.05) is 0 Å². The predicted octanol–water partition coefficient (Wildman–Crippen LogP) is -0.447. The molecule has 1 heterocycles. The lowest BCUT2D eigenvalue weighted by molar-refractivity contribution is -0.143. The van der Waals surface area contributed by atoms with Gasteiger partial charge in [-0.15, -0.1) is 0 Å². The third-order valence-electron chi connectivity index (χ3n) is 2.67. The van der Waals surface area contributed by atoms with E-state index in [9.17, 15) is 13.2 Å². The smallest absolute Gasteiger partial charge is 0.310 e. The lowest BCUT2D eigenvalue weighted by Gasteiger charge is -2.10. The van der Waals surface area contributed by atoms with Crippen LogP contribution in [0.5, 0.6) is 0 Å². The number of sulfonamides is 1. The molecule has 0 aliphatic heterocycles. The Morgan fingerprint density at radius 3 is 2.75 bits per heavy atom. The van der Waals surface area contributed by atoms with Crippen LogP contribution < -0.4 is 4.72 Å². The second kappa shape index (κ2) is 3.56. The number of nitrogens with zero attached hydrogens (tertiary/aromatic N) is 1. The number of aromatic amines is 1. The van der Waals surface area contributed by atoms with Gasteiger partial charge < -0.3 is 5.11 Å². The summed E-state index contributed by atoms with van der Waals surface area (Å²) in [6, 6.07) is 1.31. The molecule has 3 N–H and O–H groups in total. The molecule has 0 aromatic carbocycles. The Hall–Kier alpha value is -1.41. The Morgan fingerprint density at radius 1 is 1.62 bits per heavy atom. The van der Waals surface area contributed by atoms with Crippen LogP contribution in [0.15, 0.2) is 17.3 Å². The highest BCUT2D eigenvalue weighted by Crippen LogP contribution is 2.45. The first-order valence-electron chi connectivity index (χ1n) is 4.69. The third kappa shape index (κ3) is 1.93. The molecule has 1 aromatic heterocycles. The van der Waals surface area contributed by atoms with Gasteiger partial charge >= 0.3 is 5.97 Å². The van der Waals surface area contributed by atoms with Crippen molar-refractivity contribution in [2.75, 3.05) is 6.54 Å². The van der Waals surface area contributed by atoms with E-state index < -0.39 is 21.4 Å². The number of carboxylic acids is 1. The molecule has 1 aliphatic carbocycles. The second-order valence-electron chi connectivity index (χ2n) is 3.83. The molecule has 0 spiro atoms. The van der Waals surface area contributed by atoms with Crippen molar-refractivity contribution in [3.05, 3.63) is 12.3 Å². The number of aliphatic carboxylic acids is 1. The maximum atomic E-state index is 11.6. The lowest BCUT2D eigenvalue weighted by Crippen LogP contribution is -2.34. The molecule has 1 fully saturated rings. The summed E-state index contributed by atoms with van der Waals surface area (Å²) in [4.78, 5) is 10.8. The van der Waals surface area contributed by atoms with E-state index in [0.29, 0.717) is 12.8 Å². The van der Waals surface area contributed by atoms with Gasteiger partial charge in [0, 0.05) is 6.54 Å². The molecule has 7 nitrogen and oxygen atoms in total. The number of carbonyl (C=O) groups is 1. The first kappa shape index (κ1) is 11.1. The summed E-state index contributed by atoms with van der Waals surface area (Å²) in [7, 11) is -3.68. The molecular weight excluding hydrogens is 234 g/mol. The summed E-state index contributed by atoms with van der Waals surface area (Å²) < 4.78 is 25.5. The summed E-state index contributed by atoms with van der Waals surface area (Å²) in [5.41, 5.74) is -0.910. The zero-order valence-corrected chi connectivity index (χ0v) is 9.12. The van der Waals surface area contributed by atoms with Crippen molar-refractivity contribution < 1.29 is 18.3 Å². The number of carboxylic acid groups (broad SMARTS) is 1. The Morgan fingerprint density at radius 2 is 2.31 bits per heavy atom. The number of hydrogen-bond acceptors (Lipinski definition) is 4. The fraction of sp³-hybridized carbons (Fsp3) is 0.500. The normalized spacial score (nSPS) is 18.2. The highest BCUT2D eigenvalue weighted by molar-refractivity contribution is 7.89. The van der Waals surface area contributed by atoms with Crippen LogP contribution >= 0.6 is 0 Å². The van der Waals surface area contributed by atoms with Gasteiger partial charge in [-0.2, -0.15) is 5.10 Å². The first-order valence-corrected chi connectivity index (χ1v) is 6.17. The predicted molar refractivity (Wildman–Crippen MR) is 53.1 cm³/mol. The van der Waals surface area contributed by atoms with Crippen molar-refractivity contribution in [2.24, 2.45) is 5.41 Å². The van der Waals surface area contributed by atoms with Gasteiger partial charge in [-0.1, -0.05) is 0 Å². The molecule has 0 unspecified atom stereocenters. The maximum Gasteiger partial charge on any atom is 0.310 e. The number of aromatic nitrogens is 2. The van der Waals surface area contributed by atoms with E-state index in [1.165, 1.54) is 12.3 Å². The molecule has 16 heavy (non-hydrogen) atoms. The summed E-state index contributed by atoms with van der Waals surface area (Å²) in [5.74, 6) is -0.959. The first-order chi connectivity index (χ1) is 7.46. The molecule has 2 rings (SSSR count). The van der Waals surface area contributed by atoms with Crippen LogP contribution in [0.2, 0.25) is 0 Å². The quantitative estimate of drug-likeness (QED) is 0.650. The van der Waals surface area contributed by atoms with Gasteiger partial charge in [0.1, 0.15) is 0 Å². The fourth-order valence-electron chi connectivity index (χ4n) is 1.32. The molecule has 0 atom stereocenters. The average Bonchev–Trinajstić information content (AvgIpc) is 2.80. The molecule has 1 saturated carbocycles. The third-order valence-corrected chi connectivity index (χ3v) is 4.00. The summed E-state index contributed by atoms with van der Waals surface area (Å²) >= 11 is 0. The zero-order chi connectivity index (χ0) is 11.8.